The third kappa shape index (κ3) is 1.37. The summed E-state index contributed by atoms with van der Waals surface area (Å²) >= 11 is 0. The van der Waals surface area contributed by atoms with Crippen LogP contribution in [-0.4, -0.2) is 11.1 Å². The van der Waals surface area contributed by atoms with Crippen molar-refractivity contribution in [3.63, 3.8) is 0 Å². The van der Waals surface area contributed by atoms with Crippen LogP contribution in [0.3, 0.4) is 0 Å². The van der Waals surface area contributed by atoms with E-state index in [1.165, 1.54) is 16.5 Å². The number of rotatable bonds is 2. The minimum Gasteiger partial charge on any atom is -0.351 e. The van der Waals surface area contributed by atoms with Crippen molar-refractivity contribution >= 4 is 10.9 Å². The molecule has 1 fully saturated rings. The first kappa shape index (κ1) is 10.8. The zero-order valence-electron chi connectivity index (χ0n) is 10.8. The highest BCUT2D eigenvalue weighted by atomic mass is 14.9. The Morgan fingerprint density at radius 2 is 2.06 bits per heavy atom. The molecule has 2 heteroatoms. The van der Waals surface area contributed by atoms with Gasteiger partial charge in [0.1, 0.15) is 0 Å². The molecule has 2 atom stereocenters. The van der Waals surface area contributed by atoms with Crippen molar-refractivity contribution in [2.24, 2.45) is 24.1 Å². The van der Waals surface area contributed by atoms with Gasteiger partial charge in [-0.3, -0.25) is 0 Å². The Morgan fingerprint density at radius 3 is 2.71 bits per heavy atom. The molecule has 1 aliphatic rings. The molecule has 3 rings (SSSR count). The van der Waals surface area contributed by atoms with E-state index in [0.29, 0.717) is 17.3 Å². The average molecular weight is 228 g/mol. The number of nitrogens with two attached hydrogens (primary N) is 1. The standard InChI is InChI=1S/C15H20N2/c1-15(2)12(9-16)14(15)11-5-4-6-13-10(11)7-8-17(13)3/h4-8,12,14H,9,16H2,1-3H3/t12-,14-/m0/s1. The second kappa shape index (κ2) is 3.36. The maximum atomic E-state index is 5.88. The number of aromatic nitrogens is 1. The number of aryl methyl sites for hydroxylation is 1. The van der Waals surface area contributed by atoms with Crippen molar-refractivity contribution in [2.75, 3.05) is 6.54 Å². The lowest BCUT2D eigenvalue weighted by Crippen LogP contribution is -2.05. The molecule has 0 unspecified atom stereocenters. The first-order chi connectivity index (χ1) is 8.07. The van der Waals surface area contributed by atoms with Gasteiger partial charge < -0.3 is 10.3 Å². The van der Waals surface area contributed by atoms with Gasteiger partial charge in [0.15, 0.2) is 0 Å². The first-order valence-electron chi connectivity index (χ1n) is 6.31. The van der Waals surface area contributed by atoms with Gasteiger partial charge in [0.2, 0.25) is 0 Å². The van der Waals surface area contributed by atoms with Crippen LogP contribution in [0.4, 0.5) is 0 Å². The highest BCUT2D eigenvalue weighted by Crippen LogP contribution is 2.64. The summed E-state index contributed by atoms with van der Waals surface area (Å²) in [6.07, 6.45) is 2.14. The minimum atomic E-state index is 0.360. The summed E-state index contributed by atoms with van der Waals surface area (Å²) < 4.78 is 2.19. The van der Waals surface area contributed by atoms with E-state index in [2.05, 4.69) is 55.9 Å². The van der Waals surface area contributed by atoms with E-state index in [9.17, 15) is 0 Å². The fourth-order valence-electron chi connectivity index (χ4n) is 3.40. The lowest BCUT2D eigenvalue weighted by molar-refractivity contribution is 0.559. The summed E-state index contributed by atoms with van der Waals surface area (Å²) in [6.45, 7) is 5.45. The average Bonchev–Trinajstić information content (AvgIpc) is 2.64. The molecule has 0 amide bonds. The summed E-state index contributed by atoms with van der Waals surface area (Å²) in [5, 5.41) is 1.39. The summed E-state index contributed by atoms with van der Waals surface area (Å²) in [6, 6.07) is 8.85. The molecule has 2 N–H and O–H groups in total. The van der Waals surface area contributed by atoms with E-state index >= 15 is 0 Å². The highest BCUT2D eigenvalue weighted by Gasteiger charge is 2.57. The molecule has 0 spiro atoms. The normalized spacial score (nSPS) is 26.4. The molecule has 0 saturated heterocycles. The third-order valence-electron chi connectivity index (χ3n) is 4.60. The van der Waals surface area contributed by atoms with E-state index in [1.807, 2.05) is 0 Å². The Labute approximate surface area is 102 Å². The summed E-state index contributed by atoms with van der Waals surface area (Å²) in [4.78, 5) is 0. The fraction of sp³-hybridized carbons (Fsp3) is 0.467. The van der Waals surface area contributed by atoms with E-state index in [-0.39, 0.29) is 0 Å². The molecule has 1 heterocycles. The molecule has 1 aromatic heterocycles. The second-order valence-electron chi connectivity index (χ2n) is 5.85. The molecule has 0 bridgehead atoms. The molecule has 2 aromatic rings. The summed E-state index contributed by atoms with van der Waals surface area (Å²) in [7, 11) is 2.10. The predicted octanol–water partition coefficient (Wildman–Crippen LogP) is 2.88. The lowest BCUT2D eigenvalue weighted by atomic mass is 10.00. The number of nitrogens with zero attached hydrogens (tertiary/aromatic N) is 1. The van der Waals surface area contributed by atoms with Crippen LogP contribution in [0.25, 0.3) is 10.9 Å². The van der Waals surface area contributed by atoms with Gasteiger partial charge in [-0.05, 0) is 41.5 Å². The first-order valence-corrected chi connectivity index (χ1v) is 6.31. The zero-order valence-corrected chi connectivity index (χ0v) is 10.8. The molecular weight excluding hydrogens is 208 g/mol. The number of benzene rings is 1. The van der Waals surface area contributed by atoms with E-state index in [4.69, 9.17) is 5.73 Å². The number of fused-ring (bicyclic) bond motifs is 1. The van der Waals surface area contributed by atoms with Crippen LogP contribution in [0.15, 0.2) is 30.5 Å². The van der Waals surface area contributed by atoms with Gasteiger partial charge in [0.05, 0.1) is 0 Å². The molecule has 1 saturated carbocycles. The van der Waals surface area contributed by atoms with Gasteiger partial charge in [-0.2, -0.15) is 0 Å². The Morgan fingerprint density at radius 1 is 1.29 bits per heavy atom. The zero-order chi connectivity index (χ0) is 12.2. The van der Waals surface area contributed by atoms with Gasteiger partial charge in [-0.25, -0.2) is 0 Å². The monoisotopic (exact) mass is 228 g/mol. The lowest BCUT2D eigenvalue weighted by Gasteiger charge is -2.06. The van der Waals surface area contributed by atoms with Crippen molar-refractivity contribution in [1.82, 2.24) is 4.57 Å². The molecule has 1 aromatic carbocycles. The minimum absolute atomic E-state index is 0.360. The van der Waals surface area contributed by atoms with Crippen LogP contribution in [0.1, 0.15) is 25.3 Å². The highest BCUT2D eigenvalue weighted by molar-refractivity contribution is 5.84. The van der Waals surface area contributed by atoms with Gasteiger partial charge in [0.25, 0.3) is 0 Å². The molecule has 0 aliphatic heterocycles. The Bertz CT molecular complexity index is 565. The molecule has 0 radical (unpaired) electrons. The summed E-state index contributed by atoms with van der Waals surface area (Å²) in [5.74, 6) is 1.26. The van der Waals surface area contributed by atoms with E-state index < -0.39 is 0 Å². The van der Waals surface area contributed by atoms with E-state index in [0.717, 1.165) is 6.54 Å². The molecule has 90 valence electrons. The Kier molecular flexibility index (Phi) is 2.14. The van der Waals surface area contributed by atoms with Crippen molar-refractivity contribution in [1.29, 1.82) is 0 Å². The van der Waals surface area contributed by atoms with Crippen LogP contribution in [0.2, 0.25) is 0 Å². The van der Waals surface area contributed by atoms with Crippen LogP contribution >= 0.6 is 0 Å². The number of hydrogen-bond acceptors (Lipinski definition) is 1. The largest absolute Gasteiger partial charge is 0.351 e. The fourth-order valence-corrected chi connectivity index (χ4v) is 3.40. The van der Waals surface area contributed by atoms with Crippen LogP contribution in [0.5, 0.6) is 0 Å². The number of hydrogen-bond donors (Lipinski definition) is 1. The molecule has 17 heavy (non-hydrogen) atoms. The molecule has 1 aliphatic carbocycles. The third-order valence-corrected chi connectivity index (χ3v) is 4.60. The van der Waals surface area contributed by atoms with Crippen LogP contribution in [0, 0.1) is 11.3 Å². The quantitative estimate of drug-likeness (QED) is 0.842. The van der Waals surface area contributed by atoms with E-state index in [1.54, 1.807) is 0 Å². The smallest absolute Gasteiger partial charge is 0.0480 e. The van der Waals surface area contributed by atoms with Crippen molar-refractivity contribution in [3.8, 4) is 0 Å². The molecular formula is C15H20N2. The van der Waals surface area contributed by atoms with Crippen LogP contribution in [-0.2, 0) is 7.05 Å². The van der Waals surface area contributed by atoms with Gasteiger partial charge in [-0.1, -0.05) is 26.0 Å². The van der Waals surface area contributed by atoms with Crippen LogP contribution < -0.4 is 5.73 Å². The van der Waals surface area contributed by atoms with Gasteiger partial charge >= 0.3 is 0 Å². The predicted molar refractivity (Wildman–Crippen MR) is 72.0 cm³/mol. The van der Waals surface area contributed by atoms with Crippen molar-refractivity contribution in [2.45, 2.75) is 19.8 Å². The van der Waals surface area contributed by atoms with Gasteiger partial charge in [-0.15, -0.1) is 0 Å². The SMILES string of the molecule is Cn1ccc2c([C@H]3[C@H](CN)C3(C)C)cccc21. The maximum Gasteiger partial charge on any atom is 0.0480 e. The topological polar surface area (TPSA) is 30.9 Å². The summed E-state index contributed by atoms with van der Waals surface area (Å²) in [5.41, 5.74) is 9.04. The van der Waals surface area contributed by atoms with Gasteiger partial charge in [0, 0.05) is 24.1 Å². The van der Waals surface area contributed by atoms with Crippen molar-refractivity contribution in [3.05, 3.63) is 36.0 Å². The Hall–Kier alpha value is -1.28. The Balaban J connectivity index is 2.14. The van der Waals surface area contributed by atoms with Crippen molar-refractivity contribution < 1.29 is 0 Å². The second-order valence-corrected chi connectivity index (χ2v) is 5.85. The maximum absolute atomic E-state index is 5.88. The molecule has 2 nitrogen and oxygen atoms in total.